The Bertz CT molecular complexity index is 1170. The lowest BCUT2D eigenvalue weighted by Crippen LogP contribution is -2.12. The van der Waals surface area contributed by atoms with E-state index in [0.717, 1.165) is 16.9 Å². The standard InChI is InChI=1S/C19H17N5O2/c1-24-14-8-7-11(9-13(14)22-17(24)10-5-6-10)21-18(25)12-3-2-4-15-16(12)23-19(20)26-15/h2-4,7-10H,5-6H2,1H3,(H2,20,23)(H,21,25). The molecule has 1 aliphatic rings. The molecule has 7 heteroatoms. The lowest BCUT2D eigenvalue weighted by atomic mass is 10.1. The molecule has 0 unspecified atom stereocenters. The molecule has 1 fully saturated rings. The topological polar surface area (TPSA) is 99.0 Å². The van der Waals surface area contributed by atoms with Crippen LogP contribution in [-0.2, 0) is 7.05 Å². The van der Waals surface area contributed by atoms with Crippen LogP contribution < -0.4 is 11.1 Å². The number of amides is 1. The van der Waals surface area contributed by atoms with Gasteiger partial charge >= 0.3 is 0 Å². The molecular weight excluding hydrogens is 330 g/mol. The lowest BCUT2D eigenvalue weighted by molar-refractivity contribution is 0.102. The van der Waals surface area contributed by atoms with Crippen LogP contribution in [0.4, 0.5) is 11.7 Å². The van der Waals surface area contributed by atoms with E-state index in [1.54, 1.807) is 18.2 Å². The van der Waals surface area contributed by atoms with Crippen molar-refractivity contribution in [1.82, 2.24) is 14.5 Å². The number of anilines is 2. The number of hydrogen-bond acceptors (Lipinski definition) is 5. The van der Waals surface area contributed by atoms with E-state index in [1.165, 1.54) is 12.8 Å². The van der Waals surface area contributed by atoms with Gasteiger partial charge in [-0.05, 0) is 43.2 Å². The van der Waals surface area contributed by atoms with Gasteiger partial charge in [0, 0.05) is 18.7 Å². The fraction of sp³-hybridized carbons (Fsp3) is 0.211. The number of fused-ring (bicyclic) bond motifs is 2. The number of oxazole rings is 1. The van der Waals surface area contributed by atoms with Gasteiger partial charge < -0.3 is 20.0 Å². The van der Waals surface area contributed by atoms with Crippen LogP contribution in [0, 0.1) is 0 Å². The van der Waals surface area contributed by atoms with Crippen LogP contribution in [0.5, 0.6) is 0 Å². The van der Waals surface area contributed by atoms with Gasteiger partial charge in [0.15, 0.2) is 5.58 Å². The Kier molecular flexibility index (Phi) is 3.06. The predicted molar refractivity (Wildman–Crippen MR) is 99.1 cm³/mol. The second-order valence-electron chi connectivity index (χ2n) is 6.67. The Hall–Kier alpha value is -3.35. The fourth-order valence-electron chi connectivity index (χ4n) is 3.35. The third-order valence-corrected chi connectivity index (χ3v) is 4.80. The third kappa shape index (κ3) is 2.32. The van der Waals surface area contributed by atoms with Gasteiger partial charge in [-0.3, -0.25) is 4.79 Å². The molecule has 7 nitrogen and oxygen atoms in total. The van der Waals surface area contributed by atoms with E-state index < -0.39 is 0 Å². The Morgan fingerprint density at radius 2 is 2.12 bits per heavy atom. The number of imidazole rings is 1. The molecule has 26 heavy (non-hydrogen) atoms. The van der Waals surface area contributed by atoms with E-state index >= 15 is 0 Å². The zero-order chi connectivity index (χ0) is 17.8. The van der Waals surface area contributed by atoms with Gasteiger partial charge in [-0.1, -0.05) is 6.07 Å². The summed E-state index contributed by atoms with van der Waals surface area (Å²) in [5, 5.41) is 2.91. The Morgan fingerprint density at radius 3 is 2.92 bits per heavy atom. The second-order valence-corrected chi connectivity index (χ2v) is 6.67. The van der Waals surface area contributed by atoms with E-state index in [2.05, 4.69) is 14.9 Å². The molecule has 1 amide bonds. The average molecular weight is 347 g/mol. The smallest absolute Gasteiger partial charge is 0.293 e. The van der Waals surface area contributed by atoms with Crippen molar-refractivity contribution in [3.8, 4) is 0 Å². The van der Waals surface area contributed by atoms with Crippen molar-refractivity contribution in [3.05, 3.63) is 47.8 Å². The number of carbonyl (C=O) groups is 1. The third-order valence-electron chi connectivity index (χ3n) is 4.80. The number of aryl methyl sites for hydroxylation is 1. The molecule has 3 N–H and O–H groups in total. The van der Waals surface area contributed by atoms with Crippen LogP contribution in [0.2, 0.25) is 0 Å². The maximum absolute atomic E-state index is 12.7. The van der Waals surface area contributed by atoms with Crippen molar-refractivity contribution in [2.75, 3.05) is 11.1 Å². The molecule has 2 aromatic carbocycles. The van der Waals surface area contributed by atoms with Crippen LogP contribution in [0.3, 0.4) is 0 Å². The monoisotopic (exact) mass is 347 g/mol. The number of nitrogens with two attached hydrogens (primary N) is 1. The Morgan fingerprint density at radius 1 is 1.27 bits per heavy atom. The molecule has 0 aliphatic heterocycles. The lowest BCUT2D eigenvalue weighted by Gasteiger charge is -2.06. The van der Waals surface area contributed by atoms with Crippen molar-refractivity contribution < 1.29 is 9.21 Å². The van der Waals surface area contributed by atoms with Crippen LogP contribution in [-0.4, -0.2) is 20.4 Å². The number of nitrogens with one attached hydrogen (secondary N) is 1. The van der Waals surface area contributed by atoms with Crippen molar-refractivity contribution in [3.63, 3.8) is 0 Å². The summed E-state index contributed by atoms with van der Waals surface area (Å²) in [6, 6.07) is 11.0. The SMILES string of the molecule is Cn1c(C2CC2)nc2cc(NC(=O)c3cccc4oc(N)nc34)ccc21. The summed E-state index contributed by atoms with van der Waals surface area (Å²) in [5.74, 6) is 1.42. The van der Waals surface area contributed by atoms with E-state index in [9.17, 15) is 4.79 Å². The Labute approximate surface area is 148 Å². The van der Waals surface area contributed by atoms with E-state index in [-0.39, 0.29) is 11.9 Å². The maximum atomic E-state index is 12.7. The van der Waals surface area contributed by atoms with Crippen molar-refractivity contribution in [1.29, 1.82) is 0 Å². The summed E-state index contributed by atoms with van der Waals surface area (Å²) < 4.78 is 7.42. The molecule has 0 bridgehead atoms. The van der Waals surface area contributed by atoms with Gasteiger partial charge in [0.25, 0.3) is 11.9 Å². The largest absolute Gasteiger partial charge is 0.424 e. The summed E-state index contributed by atoms with van der Waals surface area (Å²) in [7, 11) is 2.04. The highest BCUT2D eigenvalue weighted by Gasteiger charge is 2.28. The Balaban J connectivity index is 1.49. The quantitative estimate of drug-likeness (QED) is 0.591. The summed E-state index contributed by atoms with van der Waals surface area (Å²) >= 11 is 0. The molecule has 1 saturated carbocycles. The second kappa shape index (κ2) is 5.32. The predicted octanol–water partition coefficient (Wildman–Crippen LogP) is 3.43. The van der Waals surface area contributed by atoms with Crippen molar-refractivity contribution in [2.45, 2.75) is 18.8 Å². The first-order valence-electron chi connectivity index (χ1n) is 8.53. The normalized spacial score (nSPS) is 14.2. The molecular formula is C19H17N5O2. The first kappa shape index (κ1) is 14.9. The van der Waals surface area contributed by atoms with E-state index in [4.69, 9.17) is 15.1 Å². The van der Waals surface area contributed by atoms with Gasteiger partial charge in [-0.25, -0.2) is 4.98 Å². The molecule has 5 rings (SSSR count). The molecule has 4 aromatic rings. The van der Waals surface area contributed by atoms with Crippen molar-refractivity contribution >= 4 is 39.7 Å². The van der Waals surface area contributed by atoms with Gasteiger partial charge in [-0.2, -0.15) is 4.98 Å². The van der Waals surface area contributed by atoms with Crippen LogP contribution in [0.1, 0.15) is 34.9 Å². The zero-order valence-corrected chi connectivity index (χ0v) is 14.2. The number of carbonyl (C=O) groups excluding carboxylic acids is 1. The van der Waals surface area contributed by atoms with E-state index in [0.29, 0.717) is 28.3 Å². The minimum absolute atomic E-state index is 0.0442. The van der Waals surface area contributed by atoms with Gasteiger partial charge in [0.2, 0.25) is 0 Å². The van der Waals surface area contributed by atoms with Gasteiger partial charge in [0.1, 0.15) is 11.3 Å². The fourth-order valence-corrected chi connectivity index (χ4v) is 3.35. The number of hydrogen-bond donors (Lipinski definition) is 2. The maximum Gasteiger partial charge on any atom is 0.293 e. The summed E-state index contributed by atoms with van der Waals surface area (Å²) in [4.78, 5) is 21.5. The number of benzene rings is 2. The minimum atomic E-state index is -0.262. The van der Waals surface area contributed by atoms with Crippen LogP contribution in [0.15, 0.2) is 40.8 Å². The number of aromatic nitrogens is 3. The van der Waals surface area contributed by atoms with Crippen LogP contribution in [0.25, 0.3) is 22.1 Å². The molecule has 1 aliphatic carbocycles. The number of nitrogens with zero attached hydrogens (tertiary/aromatic N) is 3. The number of para-hydroxylation sites is 1. The highest BCUT2D eigenvalue weighted by molar-refractivity contribution is 6.11. The number of nitrogen functional groups attached to an aromatic ring is 1. The molecule has 0 radical (unpaired) electrons. The molecule has 0 saturated heterocycles. The average Bonchev–Trinajstić information content (AvgIpc) is 3.31. The van der Waals surface area contributed by atoms with Crippen LogP contribution >= 0.6 is 0 Å². The zero-order valence-electron chi connectivity index (χ0n) is 14.2. The minimum Gasteiger partial charge on any atom is -0.424 e. The van der Waals surface area contributed by atoms with Crippen molar-refractivity contribution in [2.24, 2.45) is 7.05 Å². The molecule has 2 heterocycles. The molecule has 0 spiro atoms. The van der Waals surface area contributed by atoms with E-state index in [1.807, 2.05) is 25.2 Å². The summed E-state index contributed by atoms with van der Waals surface area (Å²) in [6.45, 7) is 0. The first-order valence-corrected chi connectivity index (χ1v) is 8.53. The summed E-state index contributed by atoms with van der Waals surface area (Å²) in [5.41, 5.74) is 9.61. The molecule has 2 aromatic heterocycles. The first-order chi connectivity index (χ1) is 12.6. The summed E-state index contributed by atoms with van der Waals surface area (Å²) in [6.07, 6.45) is 2.40. The van der Waals surface area contributed by atoms with Gasteiger partial charge in [0.05, 0.1) is 16.6 Å². The highest BCUT2D eigenvalue weighted by Crippen LogP contribution is 2.40. The molecule has 130 valence electrons. The number of rotatable bonds is 3. The molecule has 0 atom stereocenters. The highest BCUT2D eigenvalue weighted by atomic mass is 16.4. The van der Waals surface area contributed by atoms with Gasteiger partial charge in [-0.15, -0.1) is 0 Å².